The zero-order valence-electron chi connectivity index (χ0n) is 14.3. The zero-order chi connectivity index (χ0) is 17.7. The van der Waals surface area contributed by atoms with Crippen molar-refractivity contribution in [2.45, 2.75) is 24.2 Å². The SMILES string of the molecule is N#CCCCCN1CCN(S(=O)(=O)c2ccc3ccccc3c2)CC1. The van der Waals surface area contributed by atoms with E-state index in [1.807, 2.05) is 30.3 Å². The molecule has 6 heteroatoms. The maximum Gasteiger partial charge on any atom is 0.243 e. The van der Waals surface area contributed by atoms with Gasteiger partial charge in [0.1, 0.15) is 0 Å². The van der Waals surface area contributed by atoms with Crippen LogP contribution in [0.15, 0.2) is 47.4 Å². The second kappa shape index (κ2) is 7.96. The summed E-state index contributed by atoms with van der Waals surface area (Å²) in [5.41, 5.74) is 0. The van der Waals surface area contributed by atoms with E-state index < -0.39 is 10.0 Å². The standard InChI is InChI=1S/C19H23N3O2S/c20-10-4-1-5-11-21-12-14-22(15-13-21)25(23,24)19-9-8-17-6-2-3-7-18(17)16-19/h2-3,6-9,16H,1,4-5,11-15H2. The summed E-state index contributed by atoms with van der Waals surface area (Å²) in [5.74, 6) is 0. The number of hydrogen-bond acceptors (Lipinski definition) is 4. The van der Waals surface area contributed by atoms with E-state index in [9.17, 15) is 8.42 Å². The van der Waals surface area contributed by atoms with Gasteiger partial charge in [0.25, 0.3) is 0 Å². The molecule has 1 heterocycles. The molecule has 1 aliphatic heterocycles. The predicted octanol–water partition coefficient (Wildman–Crippen LogP) is 2.84. The number of piperazine rings is 1. The first-order valence-corrected chi connectivity index (χ1v) is 10.1. The van der Waals surface area contributed by atoms with E-state index in [-0.39, 0.29) is 0 Å². The van der Waals surface area contributed by atoms with Crippen LogP contribution < -0.4 is 0 Å². The second-order valence-electron chi connectivity index (χ2n) is 6.37. The van der Waals surface area contributed by atoms with E-state index in [4.69, 9.17) is 5.26 Å². The predicted molar refractivity (Wildman–Crippen MR) is 98.6 cm³/mol. The zero-order valence-corrected chi connectivity index (χ0v) is 15.1. The van der Waals surface area contributed by atoms with E-state index >= 15 is 0 Å². The normalized spacial score (nSPS) is 16.8. The Morgan fingerprint density at radius 3 is 2.40 bits per heavy atom. The molecule has 0 amide bonds. The molecule has 0 radical (unpaired) electrons. The summed E-state index contributed by atoms with van der Waals surface area (Å²) in [6, 6.07) is 15.3. The van der Waals surface area contributed by atoms with Crippen LogP contribution in [0.4, 0.5) is 0 Å². The highest BCUT2D eigenvalue weighted by atomic mass is 32.2. The van der Waals surface area contributed by atoms with Crippen LogP contribution >= 0.6 is 0 Å². The molecule has 2 aromatic rings. The minimum atomic E-state index is -3.44. The van der Waals surface area contributed by atoms with Crippen LogP contribution in [-0.2, 0) is 10.0 Å². The Kier molecular flexibility index (Phi) is 5.69. The third-order valence-electron chi connectivity index (χ3n) is 4.70. The van der Waals surface area contributed by atoms with Crippen molar-refractivity contribution in [2.24, 2.45) is 0 Å². The molecule has 1 saturated heterocycles. The third kappa shape index (κ3) is 4.18. The van der Waals surface area contributed by atoms with Crippen molar-refractivity contribution in [1.82, 2.24) is 9.21 Å². The van der Waals surface area contributed by atoms with E-state index in [1.54, 1.807) is 16.4 Å². The molecule has 0 atom stereocenters. The van der Waals surface area contributed by atoms with Gasteiger partial charge in [-0.25, -0.2) is 8.42 Å². The highest BCUT2D eigenvalue weighted by molar-refractivity contribution is 7.89. The van der Waals surface area contributed by atoms with Gasteiger partial charge < -0.3 is 4.90 Å². The van der Waals surface area contributed by atoms with Gasteiger partial charge in [-0.2, -0.15) is 9.57 Å². The van der Waals surface area contributed by atoms with Crippen molar-refractivity contribution in [2.75, 3.05) is 32.7 Å². The number of nitriles is 1. The van der Waals surface area contributed by atoms with Crippen molar-refractivity contribution in [3.8, 4) is 6.07 Å². The summed E-state index contributed by atoms with van der Waals surface area (Å²) in [6.07, 6.45) is 2.49. The summed E-state index contributed by atoms with van der Waals surface area (Å²) in [5, 5.41) is 10.6. The smallest absolute Gasteiger partial charge is 0.243 e. The quantitative estimate of drug-likeness (QED) is 0.746. The first kappa shape index (κ1) is 17.9. The molecule has 0 bridgehead atoms. The van der Waals surface area contributed by atoms with Crippen molar-refractivity contribution in [3.63, 3.8) is 0 Å². The monoisotopic (exact) mass is 357 g/mol. The van der Waals surface area contributed by atoms with E-state index in [0.717, 1.165) is 43.2 Å². The maximum atomic E-state index is 12.9. The van der Waals surface area contributed by atoms with Crippen molar-refractivity contribution >= 4 is 20.8 Å². The number of hydrogen-bond donors (Lipinski definition) is 0. The van der Waals surface area contributed by atoms with Crippen LogP contribution in [0.1, 0.15) is 19.3 Å². The minimum Gasteiger partial charge on any atom is -0.301 e. The molecule has 0 aromatic heterocycles. The summed E-state index contributed by atoms with van der Waals surface area (Å²) in [4.78, 5) is 2.65. The summed E-state index contributed by atoms with van der Waals surface area (Å²) in [6.45, 7) is 3.48. The fourth-order valence-corrected chi connectivity index (χ4v) is 4.67. The van der Waals surface area contributed by atoms with Gasteiger partial charge in [0, 0.05) is 32.6 Å². The Labute approximate surface area is 149 Å². The Morgan fingerprint density at radius 1 is 0.960 bits per heavy atom. The number of unbranched alkanes of at least 4 members (excludes halogenated alkanes) is 2. The van der Waals surface area contributed by atoms with Crippen molar-refractivity contribution in [1.29, 1.82) is 5.26 Å². The van der Waals surface area contributed by atoms with Crippen molar-refractivity contribution < 1.29 is 8.42 Å². The Bertz CT molecular complexity index is 866. The maximum absolute atomic E-state index is 12.9. The second-order valence-corrected chi connectivity index (χ2v) is 8.31. The summed E-state index contributed by atoms with van der Waals surface area (Å²) >= 11 is 0. The van der Waals surface area contributed by atoms with Crippen LogP contribution in [0, 0.1) is 11.3 Å². The molecule has 0 saturated carbocycles. The highest BCUT2D eigenvalue weighted by Gasteiger charge is 2.28. The van der Waals surface area contributed by atoms with Gasteiger partial charge in [-0.05, 0) is 42.3 Å². The lowest BCUT2D eigenvalue weighted by Gasteiger charge is -2.34. The topological polar surface area (TPSA) is 64.4 Å². The first-order chi connectivity index (χ1) is 12.1. The number of fused-ring (bicyclic) bond motifs is 1. The van der Waals surface area contributed by atoms with Gasteiger partial charge in [0.2, 0.25) is 10.0 Å². The molecule has 0 aliphatic carbocycles. The Balaban J connectivity index is 1.64. The van der Waals surface area contributed by atoms with E-state index in [0.29, 0.717) is 24.4 Å². The van der Waals surface area contributed by atoms with Crippen LogP contribution in [0.25, 0.3) is 10.8 Å². The molecule has 0 N–H and O–H groups in total. The molecule has 5 nitrogen and oxygen atoms in total. The molecular formula is C19H23N3O2S. The number of benzene rings is 2. The molecule has 1 aliphatic rings. The summed E-state index contributed by atoms with van der Waals surface area (Å²) in [7, 11) is -3.44. The lowest BCUT2D eigenvalue weighted by atomic mass is 10.1. The first-order valence-electron chi connectivity index (χ1n) is 8.69. The number of sulfonamides is 1. The van der Waals surface area contributed by atoms with Crippen LogP contribution in [-0.4, -0.2) is 50.3 Å². The molecule has 132 valence electrons. The molecule has 0 spiro atoms. The molecule has 1 fully saturated rings. The minimum absolute atomic E-state index is 0.369. The average molecular weight is 357 g/mol. The van der Waals surface area contributed by atoms with E-state index in [2.05, 4.69) is 11.0 Å². The molecule has 25 heavy (non-hydrogen) atoms. The fourth-order valence-electron chi connectivity index (χ4n) is 3.21. The Hall–Kier alpha value is -1.94. The molecule has 3 rings (SSSR count). The van der Waals surface area contributed by atoms with Gasteiger partial charge in [0.05, 0.1) is 11.0 Å². The van der Waals surface area contributed by atoms with Crippen LogP contribution in [0.3, 0.4) is 0 Å². The molecular weight excluding hydrogens is 334 g/mol. The largest absolute Gasteiger partial charge is 0.301 e. The van der Waals surface area contributed by atoms with Gasteiger partial charge >= 0.3 is 0 Å². The van der Waals surface area contributed by atoms with Crippen LogP contribution in [0.5, 0.6) is 0 Å². The lowest BCUT2D eigenvalue weighted by Crippen LogP contribution is -2.48. The van der Waals surface area contributed by atoms with Gasteiger partial charge in [-0.3, -0.25) is 0 Å². The lowest BCUT2D eigenvalue weighted by molar-refractivity contribution is 0.186. The average Bonchev–Trinajstić information content (AvgIpc) is 2.65. The van der Waals surface area contributed by atoms with E-state index in [1.165, 1.54) is 0 Å². The van der Waals surface area contributed by atoms with Crippen LogP contribution in [0.2, 0.25) is 0 Å². The number of rotatable bonds is 6. The molecule has 2 aromatic carbocycles. The fraction of sp³-hybridized carbons (Fsp3) is 0.421. The van der Waals surface area contributed by atoms with Crippen molar-refractivity contribution in [3.05, 3.63) is 42.5 Å². The van der Waals surface area contributed by atoms with Gasteiger partial charge in [-0.15, -0.1) is 0 Å². The molecule has 0 unspecified atom stereocenters. The number of nitrogens with zero attached hydrogens (tertiary/aromatic N) is 3. The third-order valence-corrected chi connectivity index (χ3v) is 6.60. The highest BCUT2D eigenvalue weighted by Crippen LogP contribution is 2.22. The van der Waals surface area contributed by atoms with Gasteiger partial charge in [-0.1, -0.05) is 30.3 Å². The summed E-state index contributed by atoms with van der Waals surface area (Å²) < 4.78 is 27.4. The van der Waals surface area contributed by atoms with Gasteiger partial charge in [0.15, 0.2) is 0 Å². The Morgan fingerprint density at radius 2 is 1.68 bits per heavy atom.